The summed E-state index contributed by atoms with van der Waals surface area (Å²) in [5.41, 5.74) is 1.33. The number of amides is 1. The van der Waals surface area contributed by atoms with Crippen LogP contribution in [0.3, 0.4) is 0 Å². The summed E-state index contributed by atoms with van der Waals surface area (Å²) in [6.07, 6.45) is 4.17. The Hall–Kier alpha value is -2.52. The predicted molar refractivity (Wildman–Crippen MR) is 104 cm³/mol. The summed E-state index contributed by atoms with van der Waals surface area (Å²) in [6.45, 7) is 3.43. The summed E-state index contributed by atoms with van der Waals surface area (Å²) in [7, 11) is 0. The lowest BCUT2D eigenvalue weighted by Gasteiger charge is -2.34. The van der Waals surface area contributed by atoms with Gasteiger partial charge in [0.05, 0.1) is 22.7 Å². The normalized spacial score (nSPS) is 27.1. The number of carbonyl (C=O) groups excluding carboxylic acids is 1. The SMILES string of the molecule is Cc1ccc(-c2cc(C(=O)N3C[C@H]4C[C@@H](n5cncn5)[C@H](O)C[C@H]4C3)n[nH]2)s1. The smallest absolute Gasteiger partial charge is 0.274 e. The van der Waals surface area contributed by atoms with E-state index in [9.17, 15) is 9.90 Å². The van der Waals surface area contributed by atoms with Crippen molar-refractivity contribution < 1.29 is 9.90 Å². The molecule has 3 aromatic rings. The number of hydrogen-bond acceptors (Lipinski definition) is 6. The van der Waals surface area contributed by atoms with Crippen LogP contribution in [0.1, 0.15) is 34.2 Å². The molecule has 0 unspecified atom stereocenters. The topological polar surface area (TPSA) is 99.9 Å². The van der Waals surface area contributed by atoms with Crippen LogP contribution in [0.25, 0.3) is 10.6 Å². The minimum absolute atomic E-state index is 0.0445. The lowest BCUT2D eigenvalue weighted by Crippen LogP contribution is -2.36. The molecule has 0 bridgehead atoms. The molecule has 2 aliphatic rings. The third-order valence-corrected chi connectivity index (χ3v) is 7.01. The van der Waals surface area contributed by atoms with E-state index in [1.165, 1.54) is 11.2 Å². The zero-order chi connectivity index (χ0) is 19.3. The summed E-state index contributed by atoms with van der Waals surface area (Å²) in [6, 6.07) is 5.86. The first-order valence-corrected chi connectivity index (χ1v) is 10.3. The van der Waals surface area contributed by atoms with Gasteiger partial charge < -0.3 is 10.0 Å². The highest BCUT2D eigenvalue weighted by molar-refractivity contribution is 7.15. The predicted octanol–water partition coefficient (Wildman–Crippen LogP) is 2.12. The lowest BCUT2D eigenvalue weighted by molar-refractivity contribution is 0.0304. The van der Waals surface area contributed by atoms with Crippen LogP contribution in [-0.2, 0) is 0 Å². The molecule has 9 heteroatoms. The van der Waals surface area contributed by atoms with Crippen LogP contribution in [0.4, 0.5) is 0 Å². The highest BCUT2D eigenvalue weighted by atomic mass is 32.1. The Morgan fingerprint density at radius 2 is 2.11 bits per heavy atom. The molecule has 1 amide bonds. The van der Waals surface area contributed by atoms with E-state index in [1.54, 1.807) is 22.3 Å². The zero-order valence-corrected chi connectivity index (χ0v) is 16.3. The fraction of sp³-hybridized carbons (Fsp3) is 0.474. The van der Waals surface area contributed by atoms with Gasteiger partial charge in [0.25, 0.3) is 5.91 Å². The number of hydrogen-bond donors (Lipinski definition) is 2. The molecule has 3 aromatic heterocycles. The van der Waals surface area contributed by atoms with Crippen LogP contribution < -0.4 is 0 Å². The average Bonchev–Trinajstić information content (AvgIpc) is 3.45. The van der Waals surface area contributed by atoms with Crippen LogP contribution in [0.15, 0.2) is 30.9 Å². The first-order chi connectivity index (χ1) is 13.6. The Labute approximate surface area is 166 Å². The molecule has 4 heterocycles. The molecule has 146 valence electrons. The number of rotatable bonds is 3. The fourth-order valence-electron chi connectivity index (χ4n) is 4.54. The number of carbonyl (C=O) groups is 1. The van der Waals surface area contributed by atoms with Crippen LogP contribution in [0, 0.1) is 18.8 Å². The van der Waals surface area contributed by atoms with Gasteiger partial charge in [-0.3, -0.25) is 9.89 Å². The maximum atomic E-state index is 13.0. The van der Waals surface area contributed by atoms with E-state index in [0.29, 0.717) is 37.0 Å². The zero-order valence-electron chi connectivity index (χ0n) is 15.5. The van der Waals surface area contributed by atoms with Gasteiger partial charge in [0.1, 0.15) is 12.7 Å². The summed E-state index contributed by atoms with van der Waals surface area (Å²) in [4.78, 5) is 21.2. The van der Waals surface area contributed by atoms with Crippen molar-refractivity contribution in [3.63, 3.8) is 0 Å². The second-order valence-electron chi connectivity index (χ2n) is 7.79. The Kier molecular flexibility index (Phi) is 4.28. The number of H-pyrrole nitrogens is 1. The van der Waals surface area contributed by atoms with E-state index in [-0.39, 0.29) is 11.9 Å². The van der Waals surface area contributed by atoms with Gasteiger partial charge in [-0.25, -0.2) is 9.67 Å². The van der Waals surface area contributed by atoms with Gasteiger partial charge in [0.15, 0.2) is 5.69 Å². The van der Waals surface area contributed by atoms with Crippen molar-refractivity contribution in [2.24, 2.45) is 11.8 Å². The maximum absolute atomic E-state index is 13.0. The van der Waals surface area contributed by atoms with Crippen molar-refractivity contribution in [2.75, 3.05) is 13.1 Å². The molecule has 0 spiro atoms. The van der Waals surface area contributed by atoms with Crippen LogP contribution >= 0.6 is 11.3 Å². The molecule has 1 aliphatic heterocycles. The van der Waals surface area contributed by atoms with Gasteiger partial charge in [-0.1, -0.05) is 0 Å². The molecule has 0 aromatic carbocycles. The summed E-state index contributed by atoms with van der Waals surface area (Å²) >= 11 is 1.68. The summed E-state index contributed by atoms with van der Waals surface area (Å²) in [5.74, 6) is 0.633. The third kappa shape index (κ3) is 3.04. The van der Waals surface area contributed by atoms with Crippen LogP contribution in [-0.4, -0.2) is 60.1 Å². The number of aryl methyl sites for hydroxylation is 1. The number of nitrogens with zero attached hydrogens (tertiary/aromatic N) is 5. The van der Waals surface area contributed by atoms with E-state index < -0.39 is 6.10 Å². The largest absolute Gasteiger partial charge is 0.391 e. The highest BCUT2D eigenvalue weighted by Gasteiger charge is 2.44. The van der Waals surface area contributed by atoms with Crippen molar-refractivity contribution in [1.29, 1.82) is 0 Å². The molecular formula is C19H22N6O2S. The second-order valence-corrected chi connectivity index (χ2v) is 9.08. The van der Waals surface area contributed by atoms with E-state index >= 15 is 0 Å². The Morgan fingerprint density at radius 3 is 2.82 bits per heavy atom. The van der Waals surface area contributed by atoms with E-state index in [1.807, 2.05) is 17.0 Å². The fourth-order valence-corrected chi connectivity index (χ4v) is 5.38. The number of nitrogens with one attached hydrogen (secondary N) is 1. The van der Waals surface area contributed by atoms with Gasteiger partial charge in [-0.2, -0.15) is 10.2 Å². The molecule has 2 fully saturated rings. The molecule has 8 nitrogen and oxygen atoms in total. The van der Waals surface area contributed by atoms with Gasteiger partial charge in [0.2, 0.25) is 0 Å². The molecule has 4 atom stereocenters. The van der Waals surface area contributed by atoms with E-state index in [0.717, 1.165) is 17.0 Å². The van der Waals surface area contributed by atoms with Crippen molar-refractivity contribution in [1.82, 2.24) is 29.9 Å². The molecule has 5 rings (SSSR count). The number of thiophene rings is 1. The van der Waals surface area contributed by atoms with Gasteiger partial charge in [-0.15, -0.1) is 11.3 Å². The Morgan fingerprint density at radius 1 is 1.29 bits per heavy atom. The molecule has 1 saturated heterocycles. The minimum Gasteiger partial charge on any atom is -0.391 e. The van der Waals surface area contributed by atoms with Gasteiger partial charge in [-0.05, 0) is 49.8 Å². The van der Waals surface area contributed by atoms with E-state index in [2.05, 4.69) is 33.3 Å². The van der Waals surface area contributed by atoms with Crippen LogP contribution in [0.5, 0.6) is 0 Å². The molecule has 1 aliphatic carbocycles. The monoisotopic (exact) mass is 398 g/mol. The van der Waals surface area contributed by atoms with Gasteiger partial charge >= 0.3 is 0 Å². The highest BCUT2D eigenvalue weighted by Crippen LogP contribution is 2.41. The summed E-state index contributed by atoms with van der Waals surface area (Å²) < 4.78 is 1.74. The molecule has 2 N–H and O–H groups in total. The maximum Gasteiger partial charge on any atom is 0.274 e. The number of fused-ring (bicyclic) bond motifs is 1. The first kappa shape index (κ1) is 17.6. The average molecular weight is 398 g/mol. The van der Waals surface area contributed by atoms with Crippen molar-refractivity contribution in [3.8, 4) is 10.6 Å². The number of likely N-dealkylation sites (tertiary alicyclic amines) is 1. The van der Waals surface area contributed by atoms with Crippen molar-refractivity contribution in [3.05, 3.63) is 41.4 Å². The standard InChI is InChI=1S/C19H22N6O2S/c1-11-2-3-18(28-11)14-6-15(23-22-14)19(27)24-7-12-4-16(25-10-20-9-21-25)17(26)5-13(12)8-24/h2-3,6,9-10,12-13,16-17,26H,4-5,7-8H2,1H3,(H,22,23)/t12-,13+,16-,17-/m1/s1. The summed E-state index contributed by atoms with van der Waals surface area (Å²) in [5, 5.41) is 22.0. The first-order valence-electron chi connectivity index (χ1n) is 9.52. The molecule has 0 radical (unpaired) electrons. The van der Waals surface area contributed by atoms with Crippen LogP contribution in [0.2, 0.25) is 0 Å². The molecule has 1 saturated carbocycles. The second kappa shape index (κ2) is 6.82. The number of aliphatic hydroxyl groups is 1. The van der Waals surface area contributed by atoms with Crippen molar-refractivity contribution in [2.45, 2.75) is 31.9 Å². The van der Waals surface area contributed by atoms with Crippen molar-refractivity contribution >= 4 is 17.2 Å². The third-order valence-electron chi connectivity index (χ3n) is 5.98. The minimum atomic E-state index is -0.461. The molecule has 28 heavy (non-hydrogen) atoms. The number of aromatic nitrogens is 5. The van der Waals surface area contributed by atoms with E-state index in [4.69, 9.17) is 0 Å². The Bertz CT molecular complexity index is 980. The number of aromatic amines is 1. The molecular weight excluding hydrogens is 376 g/mol. The van der Waals surface area contributed by atoms with Gasteiger partial charge in [0, 0.05) is 18.0 Å². The Balaban J connectivity index is 1.29. The quantitative estimate of drug-likeness (QED) is 0.704. The number of aliphatic hydroxyl groups excluding tert-OH is 1. The lowest BCUT2D eigenvalue weighted by atomic mass is 9.77.